The summed E-state index contributed by atoms with van der Waals surface area (Å²) in [7, 11) is 0. The molecule has 1 N–H and O–H groups in total. The minimum absolute atomic E-state index is 0.351. The van der Waals surface area contributed by atoms with Gasteiger partial charge in [-0.15, -0.1) is 0 Å². The lowest BCUT2D eigenvalue weighted by molar-refractivity contribution is 0.461. The smallest absolute Gasteiger partial charge is 0.119 e. The summed E-state index contributed by atoms with van der Waals surface area (Å²) in [5, 5.41) is 9.99. The van der Waals surface area contributed by atoms with Gasteiger partial charge in [0.15, 0.2) is 0 Å². The maximum Gasteiger partial charge on any atom is 0.119 e. The highest BCUT2D eigenvalue weighted by Gasteiger charge is 2.13. The van der Waals surface area contributed by atoms with Crippen LogP contribution in [0.4, 0.5) is 0 Å². The molecule has 19 heavy (non-hydrogen) atoms. The first-order valence-corrected chi connectivity index (χ1v) is 7.01. The van der Waals surface area contributed by atoms with Gasteiger partial charge in [0.2, 0.25) is 0 Å². The van der Waals surface area contributed by atoms with E-state index in [-0.39, 0.29) is 0 Å². The molecule has 0 radical (unpaired) electrons. The average Bonchev–Trinajstić information content (AvgIpc) is 2.47. The SMILES string of the molecule is CCC(C)c1cc(C(C)c2ccccc2)ccc1O. The molecule has 2 unspecified atom stereocenters. The van der Waals surface area contributed by atoms with Crippen molar-refractivity contribution in [1.29, 1.82) is 0 Å². The van der Waals surface area contributed by atoms with Crippen molar-refractivity contribution in [2.45, 2.75) is 39.0 Å². The highest BCUT2D eigenvalue weighted by molar-refractivity contribution is 5.42. The molecular formula is C18H22O. The van der Waals surface area contributed by atoms with E-state index in [1.54, 1.807) is 0 Å². The van der Waals surface area contributed by atoms with Crippen LogP contribution in [0.2, 0.25) is 0 Å². The lowest BCUT2D eigenvalue weighted by atomic mass is 9.89. The molecular weight excluding hydrogens is 232 g/mol. The van der Waals surface area contributed by atoms with Gasteiger partial charge >= 0.3 is 0 Å². The Bertz CT molecular complexity index is 531. The van der Waals surface area contributed by atoms with E-state index in [9.17, 15) is 5.11 Å². The van der Waals surface area contributed by atoms with Crippen molar-refractivity contribution in [3.8, 4) is 5.75 Å². The van der Waals surface area contributed by atoms with Crippen LogP contribution in [0, 0.1) is 0 Å². The largest absolute Gasteiger partial charge is 0.508 e. The first-order valence-electron chi connectivity index (χ1n) is 7.01. The summed E-state index contributed by atoms with van der Waals surface area (Å²) >= 11 is 0. The van der Waals surface area contributed by atoms with Crippen LogP contribution in [0.25, 0.3) is 0 Å². The van der Waals surface area contributed by atoms with Gasteiger partial charge in [-0.25, -0.2) is 0 Å². The molecule has 100 valence electrons. The molecule has 0 aliphatic rings. The summed E-state index contributed by atoms with van der Waals surface area (Å²) in [4.78, 5) is 0. The van der Waals surface area contributed by atoms with Gasteiger partial charge in [-0.2, -0.15) is 0 Å². The third kappa shape index (κ3) is 2.98. The van der Waals surface area contributed by atoms with Crippen molar-refractivity contribution in [3.63, 3.8) is 0 Å². The minimum atomic E-state index is 0.351. The summed E-state index contributed by atoms with van der Waals surface area (Å²) in [6.45, 7) is 6.52. The molecule has 2 aromatic carbocycles. The maximum atomic E-state index is 9.99. The highest BCUT2D eigenvalue weighted by atomic mass is 16.3. The van der Waals surface area contributed by atoms with Crippen molar-refractivity contribution in [3.05, 3.63) is 65.2 Å². The summed E-state index contributed by atoms with van der Waals surface area (Å²) in [5.74, 6) is 1.16. The zero-order chi connectivity index (χ0) is 13.8. The average molecular weight is 254 g/mol. The van der Waals surface area contributed by atoms with Gasteiger partial charge in [-0.1, -0.05) is 63.2 Å². The van der Waals surface area contributed by atoms with Crippen molar-refractivity contribution >= 4 is 0 Å². The van der Waals surface area contributed by atoms with Crippen LogP contribution in [0.1, 0.15) is 55.7 Å². The van der Waals surface area contributed by atoms with Gasteiger partial charge < -0.3 is 5.11 Å². The molecule has 0 fully saturated rings. The van der Waals surface area contributed by atoms with Crippen LogP contribution in [-0.4, -0.2) is 5.11 Å². The molecule has 1 heteroatoms. The van der Waals surface area contributed by atoms with Crippen LogP contribution in [0.15, 0.2) is 48.5 Å². The summed E-state index contributed by atoms with van der Waals surface area (Å²) in [5.41, 5.74) is 3.63. The first-order chi connectivity index (χ1) is 9.13. The van der Waals surface area contributed by atoms with Crippen LogP contribution in [0.5, 0.6) is 5.75 Å². The second-order valence-corrected chi connectivity index (χ2v) is 5.26. The number of aromatic hydroxyl groups is 1. The third-order valence-corrected chi connectivity index (χ3v) is 3.99. The molecule has 1 nitrogen and oxygen atoms in total. The Kier molecular flexibility index (Phi) is 4.26. The highest BCUT2D eigenvalue weighted by Crippen LogP contribution is 2.32. The molecule has 0 bridgehead atoms. The zero-order valence-electron chi connectivity index (χ0n) is 11.9. The van der Waals surface area contributed by atoms with Crippen LogP contribution < -0.4 is 0 Å². The first kappa shape index (κ1) is 13.7. The molecule has 0 saturated heterocycles. The summed E-state index contributed by atoms with van der Waals surface area (Å²) in [6, 6.07) is 16.5. The number of hydrogen-bond acceptors (Lipinski definition) is 1. The Morgan fingerprint density at radius 3 is 2.26 bits per heavy atom. The van der Waals surface area contributed by atoms with Crippen LogP contribution >= 0.6 is 0 Å². The molecule has 2 atom stereocenters. The fraction of sp³-hybridized carbons (Fsp3) is 0.333. The Balaban J connectivity index is 2.36. The Morgan fingerprint density at radius 1 is 0.947 bits per heavy atom. The lowest BCUT2D eigenvalue weighted by Gasteiger charge is -2.17. The number of phenols is 1. The third-order valence-electron chi connectivity index (χ3n) is 3.99. The normalized spacial score (nSPS) is 14.1. The van der Waals surface area contributed by atoms with Crippen molar-refractivity contribution in [2.75, 3.05) is 0 Å². The van der Waals surface area contributed by atoms with E-state index in [1.807, 2.05) is 18.2 Å². The second-order valence-electron chi connectivity index (χ2n) is 5.26. The molecule has 0 aromatic heterocycles. The minimum Gasteiger partial charge on any atom is -0.508 e. The van der Waals surface area contributed by atoms with Gasteiger partial charge in [-0.05, 0) is 35.1 Å². The second kappa shape index (κ2) is 5.92. The van der Waals surface area contributed by atoms with E-state index in [1.165, 1.54) is 11.1 Å². The molecule has 2 rings (SSSR count). The topological polar surface area (TPSA) is 20.2 Å². The molecule has 0 heterocycles. The Morgan fingerprint density at radius 2 is 1.63 bits per heavy atom. The van der Waals surface area contributed by atoms with Crippen molar-refractivity contribution in [1.82, 2.24) is 0 Å². The maximum absolute atomic E-state index is 9.99. The van der Waals surface area contributed by atoms with Crippen LogP contribution in [0.3, 0.4) is 0 Å². The Hall–Kier alpha value is -1.76. The summed E-state index contributed by atoms with van der Waals surface area (Å²) < 4.78 is 0. The predicted octanol–water partition coefficient (Wildman–Crippen LogP) is 5.06. The number of rotatable bonds is 4. The quantitative estimate of drug-likeness (QED) is 0.808. The van der Waals surface area contributed by atoms with Gasteiger partial charge in [-0.3, -0.25) is 0 Å². The number of hydrogen-bond donors (Lipinski definition) is 1. The molecule has 0 spiro atoms. The van der Waals surface area contributed by atoms with Gasteiger partial charge in [0, 0.05) is 5.92 Å². The standard InChI is InChI=1S/C18H22O/c1-4-13(2)17-12-16(10-11-18(17)19)14(3)15-8-6-5-7-9-15/h5-14,19H,4H2,1-3H3. The van der Waals surface area contributed by atoms with Gasteiger partial charge in [0.25, 0.3) is 0 Å². The number of benzene rings is 2. The molecule has 0 aliphatic heterocycles. The predicted molar refractivity (Wildman–Crippen MR) is 80.8 cm³/mol. The van der Waals surface area contributed by atoms with E-state index < -0.39 is 0 Å². The fourth-order valence-corrected chi connectivity index (χ4v) is 2.39. The van der Waals surface area contributed by atoms with E-state index in [0.717, 1.165) is 12.0 Å². The van der Waals surface area contributed by atoms with E-state index in [0.29, 0.717) is 17.6 Å². The van der Waals surface area contributed by atoms with Gasteiger partial charge in [0.05, 0.1) is 0 Å². The molecule has 0 saturated carbocycles. The van der Waals surface area contributed by atoms with E-state index in [4.69, 9.17) is 0 Å². The fourth-order valence-electron chi connectivity index (χ4n) is 2.39. The van der Waals surface area contributed by atoms with E-state index in [2.05, 4.69) is 51.1 Å². The van der Waals surface area contributed by atoms with Crippen LogP contribution in [-0.2, 0) is 0 Å². The lowest BCUT2D eigenvalue weighted by Crippen LogP contribution is -1.99. The van der Waals surface area contributed by atoms with Crippen molar-refractivity contribution in [2.24, 2.45) is 0 Å². The van der Waals surface area contributed by atoms with Gasteiger partial charge in [0.1, 0.15) is 5.75 Å². The molecule has 0 aliphatic carbocycles. The number of phenolic OH excluding ortho intramolecular Hbond substituents is 1. The monoisotopic (exact) mass is 254 g/mol. The Labute approximate surface area is 115 Å². The van der Waals surface area contributed by atoms with E-state index >= 15 is 0 Å². The molecule has 0 amide bonds. The summed E-state index contributed by atoms with van der Waals surface area (Å²) in [6.07, 6.45) is 1.04. The zero-order valence-corrected chi connectivity index (χ0v) is 11.9. The van der Waals surface area contributed by atoms with Crippen molar-refractivity contribution < 1.29 is 5.11 Å². The molecule has 2 aromatic rings.